The number of carboxylic acid groups (broad SMARTS) is 1. The molecule has 5 nitrogen and oxygen atoms in total. The molecule has 0 unspecified atom stereocenters. The van der Waals surface area contributed by atoms with Crippen molar-refractivity contribution in [3.05, 3.63) is 17.8 Å². The van der Waals surface area contributed by atoms with Crippen LogP contribution < -0.4 is 4.90 Å². The Labute approximate surface area is 95.4 Å². The first-order valence-electron chi connectivity index (χ1n) is 4.91. The summed E-state index contributed by atoms with van der Waals surface area (Å²) in [6.07, 6.45) is 1.53. The third-order valence-corrected chi connectivity index (χ3v) is 3.59. The fourth-order valence-corrected chi connectivity index (χ4v) is 2.56. The zero-order valence-electron chi connectivity index (χ0n) is 8.33. The molecule has 0 atom stereocenters. The van der Waals surface area contributed by atoms with Crippen molar-refractivity contribution in [2.75, 3.05) is 18.0 Å². The Kier molecular flexibility index (Phi) is 2.03. The van der Waals surface area contributed by atoms with Gasteiger partial charge < -0.3 is 10.0 Å². The number of rotatable bonds is 2. The van der Waals surface area contributed by atoms with Crippen molar-refractivity contribution in [3.8, 4) is 0 Å². The monoisotopic (exact) mass is 235 g/mol. The van der Waals surface area contributed by atoms with Crippen LogP contribution in [0.25, 0.3) is 10.2 Å². The van der Waals surface area contributed by atoms with Gasteiger partial charge in [-0.3, -0.25) is 4.79 Å². The number of nitrogens with zero attached hydrogens (tertiary/aromatic N) is 3. The summed E-state index contributed by atoms with van der Waals surface area (Å²) in [5.74, 6) is -0.140. The third kappa shape index (κ3) is 1.34. The predicted octanol–water partition coefficient (Wildman–Crippen LogP) is 1.21. The minimum atomic E-state index is -0.730. The second kappa shape index (κ2) is 3.41. The van der Waals surface area contributed by atoms with Gasteiger partial charge in [0.05, 0.1) is 11.3 Å². The number of aromatic nitrogens is 2. The van der Waals surface area contributed by atoms with Gasteiger partial charge in [-0.25, -0.2) is 9.97 Å². The number of fused-ring (bicyclic) bond motifs is 1. The first kappa shape index (κ1) is 9.53. The lowest BCUT2D eigenvalue weighted by molar-refractivity contribution is -0.142. The van der Waals surface area contributed by atoms with E-state index < -0.39 is 5.97 Å². The molecule has 2 aromatic heterocycles. The van der Waals surface area contributed by atoms with Crippen LogP contribution in [0.5, 0.6) is 0 Å². The van der Waals surface area contributed by atoms with Crippen LogP contribution in [0, 0.1) is 5.92 Å². The quantitative estimate of drug-likeness (QED) is 0.847. The van der Waals surface area contributed by atoms with Crippen LogP contribution in [0.4, 0.5) is 5.82 Å². The van der Waals surface area contributed by atoms with Gasteiger partial charge in [0.25, 0.3) is 0 Å². The summed E-state index contributed by atoms with van der Waals surface area (Å²) in [7, 11) is 0. The van der Waals surface area contributed by atoms with Gasteiger partial charge in [-0.15, -0.1) is 11.3 Å². The van der Waals surface area contributed by atoms with E-state index in [4.69, 9.17) is 5.11 Å². The van der Waals surface area contributed by atoms with Crippen LogP contribution in [0.2, 0.25) is 0 Å². The van der Waals surface area contributed by atoms with Crippen molar-refractivity contribution in [3.63, 3.8) is 0 Å². The Bertz CT molecular complexity index is 548. The van der Waals surface area contributed by atoms with Gasteiger partial charge in [0.15, 0.2) is 0 Å². The highest BCUT2D eigenvalue weighted by atomic mass is 32.1. The third-order valence-electron chi connectivity index (χ3n) is 2.77. The van der Waals surface area contributed by atoms with Crippen LogP contribution >= 0.6 is 11.3 Å². The second-order valence-corrected chi connectivity index (χ2v) is 4.67. The van der Waals surface area contributed by atoms with Crippen molar-refractivity contribution in [2.45, 2.75) is 0 Å². The zero-order chi connectivity index (χ0) is 11.1. The zero-order valence-corrected chi connectivity index (χ0v) is 9.15. The van der Waals surface area contributed by atoms with E-state index in [0.29, 0.717) is 13.1 Å². The van der Waals surface area contributed by atoms with Gasteiger partial charge in [0, 0.05) is 13.1 Å². The smallest absolute Gasteiger partial charge is 0.310 e. The summed E-state index contributed by atoms with van der Waals surface area (Å²) < 4.78 is 0. The van der Waals surface area contributed by atoms with Crippen LogP contribution in [-0.4, -0.2) is 34.1 Å². The highest BCUT2D eigenvalue weighted by Gasteiger charge is 2.34. The van der Waals surface area contributed by atoms with Crippen molar-refractivity contribution >= 4 is 33.3 Å². The molecular formula is C10H9N3O2S. The second-order valence-electron chi connectivity index (χ2n) is 3.78. The summed E-state index contributed by atoms with van der Waals surface area (Å²) in [6, 6.07) is 1.98. The number of carbonyl (C=O) groups is 1. The van der Waals surface area contributed by atoms with Crippen LogP contribution in [-0.2, 0) is 4.79 Å². The Morgan fingerprint density at radius 3 is 3.06 bits per heavy atom. The number of hydrogen-bond donors (Lipinski definition) is 1. The standard InChI is InChI=1S/C10H9N3O2S/c14-10(15)6-3-13(4-6)8-7-1-2-16-9(7)12-5-11-8/h1-2,5-6H,3-4H2,(H,14,15). The molecule has 3 heterocycles. The first-order chi connectivity index (χ1) is 7.75. The van der Waals surface area contributed by atoms with Crippen LogP contribution in [0.15, 0.2) is 17.8 Å². The van der Waals surface area contributed by atoms with E-state index in [0.717, 1.165) is 16.0 Å². The number of thiophene rings is 1. The lowest BCUT2D eigenvalue weighted by Gasteiger charge is -2.37. The fraction of sp³-hybridized carbons (Fsp3) is 0.300. The molecule has 1 aliphatic rings. The molecule has 6 heteroatoms. The Morgan fingerprint density at radius 1 is 1.50 bits per heavy atom. The van der Waals surface area contributed by atoms with Crippen LogP contribution in [0.1, 0.15) is 0 Å². The van der Waals surface area contributed by atoms with E-state index in [-0.39, 0.29) is 5.92 Å². The van der Waals surface area contributed by atoms with E-state index in [2.05, 4.69) is 9.97 Å². The van der Waals surface area contributed by atoms with Crippen molar-refractivity contribution in [1.82, 2.24) is 9.97 Å². The average molecular weight is 235 g/mol. The molecular weight excluding hydrogens is 226 g/mol. The number of aliphatic carboxylic acids is 1. The molecule has 2 aromatic rings. The molecule has 0 aromatic carbocycles. The SMILES string of the molecule is O=C(O)C1CN(c2ncnc3sccc23)C1. The molecule has 16 heavy (non-hydrogen) atoms. The van der Waals surface area contributed by atoms with Gasteiger partial charge in [0.1, 0.15) is 17.0 Å². The summed E-state index contributed by atoms with van der Waals surface area (Å²) in [5.41, 5.74) is 0. The van der Waals surface area contributed by atoms with E-state index in [1.54, 1.807) is 11.3 Å². The lowest BCUT2D eigenvalue weighted by Crippen LogP contribution is -2.50. The molecule has 3 rings (SSSR count). The molecule has 0 aliphatic carbocycles. The van der Waals surface area contributed by atoms with Gasteiger partial charge >= 0.3 is 5.97 Å². The van der Waals surface area contributed by atoms with Crippen molar-refractivity contribution in [1.29, 1.82) is 0 Å². The maximum atomic E-state index is 10.7. The summed E-state index contributed by atoms with van der Waals surface area (Å²) in [4.78, 5) is 22.0. The highest BCUT2D eigenvalue weighted by molar-refractivity contribution is 7.16. The fourth-order valence-electron chi connectivity index (χ4n) is 1.84. The molecule has 1 aliphatic heterocycles. The summed E-state index contributed by atoms with van der Waals surface area (Å²) in [6.45, 7) is 1.08. The summed E-state index contributed by atoms with van der Waals surface area (Å²) >= 11 is 1.57. The summed E-state index contributed by atoms with van der Waals surface area (Å²) in [5, 5.41) is 11.8. The molecule has 0 spiro atoms. The van der Waals surface area contributed by atoms with Crippen LogP contribution in [0.3, 0.4) is 0 Å². The van der Waals surface area contributed by atoms with Gasteiger partial charge in [-0.2, -0.15) is 0 Å². The Morgan fingerprint density at radius 2 is 2.31 bits per heavy atom. The lowest BCUT2D eigenvalue weighted by atomic mass is 10.0. The molecule has 1 N–H and O–H groups in total. The predicted molar refractivity (Wildman–Crippen MR) is 60.8 cm³/mol. The van der Waals surface area contributed by atoms with E-state index >= 15 is 0 Å². The minimum absolute atomic E-state index is 0.261. The molecule has 1 fully saturated rings. The number of anilines is 1. The number of hydrogen-bond acceptors (Lipinski definition) is 5. The minimum Gasteiger partial charge on any atom is -0.481 e. The van der Waals surface area contributed by atoms with Crippen molar-refractivity contribution in [2.24, 2.45) is 5.92 Å². The van der Waals surface area contributed by atoms with E-state index in [1.807, 2.05) is 16.3 Å². The van der Waals surface area contributed by atoms with Gasteiger partial charge in [-0.05, 0) is 11.4 Å². The molecule has 0 amide bonds. The first-order valence-corrected chi connectivity index (χ1v) is 5.79. The van der Waals surface area contributed by atoms with Crippen molar-refractivity contribution < 1.29 is 9.90 Å². The molecule has 82 valence electrons. The Balaban J connectivity index is 1.91. The van der Waals surface area contributed by atoms with E-state index in [1.165, 1.54) is 6.33 Å². The molecule has 0 radical (unpaired) electrons. The maximum Gasteiger partial charge on any atom is 0.310 e. The number of carboxylic acids is 1. The van der Waals surface area contributed by atoms with Gasteiger partial charge in [0.2, 0.25) is 0 Å². The largest absolute Gasteiger partial charge is 0.481 e. The highest BCUT2D eigenvalue weighted by Crippen LogP contribution is 2.30. The normalized spacial score (nSPS) is 16.4. The molecule has 0 bridgehead atoms. The molecule has 0 saturated carbocycles. The average Bonchev–Trinajstić information content (AvgIpc) is 2.63. The maximum absolute atomic E-state index is 10.7. The topological polar surface area (TPSA) is 66.3 Å². The van der Waals surface area contributed by atoms with Gasteiger partial charge in [-0.1, -0.05) is 0 Å². The molecule has 1 saturated heterocycles. The van der Waals surface area contributed by atoms with E-state index in [9.17, 15) is 4.79 Å². The Hall–Kier alpha value is -1.69.